The number of nitrogens with zero attached hydrogens (tertiary/aromatic N) is 1. The molecule has 3 aromatic rings. The molecule has 0 unspecified atom stereocenters. The number of carbonyl (C=O) groups is 1. The molecule has 0 aliphatic rings. The van der Waals surface area contributed by atoms with Gasteiger partial charge in [-0.3, -0.25) is 9.59 Å². The summed E-state index contributed by atoms with van der Waals surface area (Å²) in [6.45, 7) is 5.90. The third-order valence-corrected chi connectivity index (χ3v) is 4.74. The lowest BCUT2D eigenvalue weighted by Gasteiger charge is -2.12. The third-order valence-electron chi connectivity index (χ3n) is 4.74. The Bertz CT molecular complexity index is 986. The maximum atomic E-state index is 12.2. The Morgan fingerprint density at radius 1 is 1.22 bits per heavy atom. The summed E-state index contributed by atoms with van der Waals surface area (Å²) < 4.78 is 0. The van der Waals surface area contributed by atoms with Gasteiger partial charge in [0.2, 0.25) is 0 Å². The Hall–Kier alpha value is -2.89. The molecule has 1 amide bonds. The van der Waals surface area contributed by atoms with Crippen molar-refractivity contribution in [2.75, 3.05) is 0 Å². The van der Waals surface area contributed by atoms with Gasteiger partial charge in [-0.2, -0.15) is 0 Å². The van der Waals surface area contributed by atoms with Crippen LogP contribution in [0.1, 0.15) is 54.0 Å². The lowest BCUT2D eigenvalue weighted by molar-refractivity contribution is 0.0938. The van der Waals surface area contributed by atoms with Crippen LogP contribution in [0.3, 0.4) is 0 Å². The number of amides is 1. The average Bonchev–Trinajstić information content (AvgIpc) is 3.03. The molecule has 0 aliphatic heterocycles. The molecule has 6 heteroatoms. The summed E-state index contributed by atoms with van der Waals surface area (Å²) in [5.74, 6) is 0.565. The van der Waals surface area contributed by atoms with Crippen LogP contribution in [0.15, 0.2) is 35.3 Å². The van der Waals surface area contributed by atoms with Gasteiger partial charge in [0, 0.05) is 17.8 Å². The van der Waals surface area contributed by atoms with E-state index in [9.17, 15) is 9.59 Å². The van der Waals surface area contributed by atoms with Crippen molar-refractivity contribution >= 4 is 16.9 Å². The summed E-state index contributed by atoms with van der Waals surface area (Å²) in [5.41, 5.74) is 3.26. The molecular weight excluding hydrogens is 340 g/mol. The number of hydrogen-bond donors (Lipinski definition) is 3. The Kier molecular flexibility index (Phi) is 5.74. The molecule has 0 fully saturated rings. The van der Waals surface area contributed by atoms with Gasteiger partial charge in [-0.25, -0.2) is 4.98 Å². The zero-order valence-electron chi connectivity index (χ0n) is 16.1. The maximum absolute atomic E-state index is 12.2. The highest BCUT2D eigenvalue weighted by atomic mass is 16.1. The third kappa shape index (κ3) is 4.45. The number of rotatable bonds is 7. The molecule has 3 N–H and O–H groups in total. The standard InChI is InChI=1S/C21H26N4O2/c1-4-5-13(2)23-20(26)16-9-6-15(7-10-16)8-11-17-12-22-19-18(17)21(27)25-14(3)24-19/h6-7,9-10,12-13H,4-5,8,11H2,1-3H3,(H,23,26)(H2,22,24,25,27)/t13-/m1/s1. The minimum atomic E-state index is -0.109. The maximum Gasteiger partial charge on any atom is 0.260 e. The van der Waals surface area contributed by atoms with Gasteiger partial charge >= 0.3 is 0 Å². The van der Waals surface area contributed by atoms with Crippen LogP contribution in [0, 0.1) is 6.92 Å². The Morgan fingerprint density at radius 3 is 2.67 bits per heavy atom. The van der Waals surface area contributed by atoms with E-state index in [0.717, 1.165) is 36.8 Å². The molecular formula is C21H26N4O2. The summed E-state index contributed by atoms with van der Waals surface area (Å²) in [6, 6.07) is 7.84. The van der Waals surface area contributed by atoms with Gasteiger partial charge in [-0.05, 0) is 56.4 Å². The molecule has 0 aliphatic carbocycles. The van der Waals surface area contributed by atoms with Gasteiger partial charge < -0.3 is 15.3 Å². The predicted octanol–water partition coefficient (Wildman–Crippen LogP) is 3.26. The number of hydrogen-bond acceptors (Lipinski definition) is 3. The van der Waals surface area contributed by atoms with Gasteiger partial charge in [-0.1, -0.05) is 25.5 Å². The van der Waals surface area contributed by atoms with Crippen LogP contribution >= 0.6 is 0 Å². The second-order valence-electron chi connectivity index (χ2n) is 7.05. The molecule has 2 heterocycles. The topological polar surface area (TPSA) is 90.6 Å². The lowest BCUT2D eigenvalue weighted by atomic mass is 10.0. The first-order valence-electron chi connectivity index (χ1n) is 9.44. The molecule has 3 rings (SSSR count). The summed E-state index contributed by atoms with van der Waals surface area (Å²) in [5, 5.41) is 3.64. The Morgan fingerprint density at radius 2 is 1.96 bits per heavy atom. The number of aromatic nitrogens is 3. The Balaban J connectivity index is 1.66. The first-order chi connectivity index (χ1) is 13.0. The fraction of sp³-hybridized carbons (Fsp3) is 0.381. The highest BCUT2D eigenvalue weighted by molar-refractivity contribution is 5.94. The molecule has 0 saturated heterocycles. The van der Waals surface area contributed by atoms with Crippen molar-refractivity contribution in [1.82, 2.24) is 20.3 Å². The first kappa shape index (κ1) is 18.9. The minimum Gasteiger partial charge on any atom is -0.350 e. The van der Waals surface area contributed by atoms with E-state index in [4.69, 9.17) is 0 Å². The van der Waals surface area contributed by atoms with Crippen molar-refractivity contribution in [2.24, 2.45) is 0 Å². The zero-order valence-corrected chi connectivity index (χ0v) is 16.1. The van der Waals surface area contributed by atoms with Gasteiger partial charge in [0.15, 0.2) is 0 Å². The quantitative estimate of drug-likeness (QED) is 0.599. The van der Waals surface area contributed by atoms with Gasteiger partial charge in [0.1, 0.15) is 11.5 Å². The van der Waals surface area contributed by atoms with E-state index in [1.807, 2.05) is 37.4 Å². The van der Waals surface area contributed by atoms with E-state index in [1.54, 1.807) is 6.92 Å². The highest BCUT2D eigenvalue weighted by Gasteiger charge is 2.11. The van der Waals surface area contributed by atoms with Crippen LogP contribution < -0.4 is 10.9 Å². The van der Waals surface area contributed by atoms with Crippen molar-refractivity contribution in [3.8, 4) is 0 Å². The molecule has 6 nitrogen and oxygen atoms in total. The predicted molar refractivity (Wildman–Crippen MR) is 107 cm³/mol. The van der Waals surface area contributed by atoms with E-state index >= 15 is 0 Å². The van der Waals surface area contributed by atoms with Crippen LogP contribution in [0.4, 0.5) is 0 Å². The smallest absolute Gasteiger partial charge is 0.260 e. The number of carbonyl (C=O) groups excluding carboxylic acids is 1. The van der Waals surface area contributed by atoms with E-state index in [-0.39, 0.29) is 17.5 Å². The Labute approximate surface area is 158 Å². The number of nitrogens with one attached hydrogen (secondary N) is 3. The zero-order chi connectivity index (χ0) is 19.4. The molecule has 142 valence electrons. The fourth-order valence-corrected chi connectivity index (χ4v) is 3.33. The molecule has 0 bridgehead atoms. The molecule has 0 radical (unpaired) electrons. The molecule has 1 atom stereocenters. The van der Waals surface area contributed by atoms with Crippen LogP contribution in [0.5, 0.6) is 0 Å². The fourth-order valence-electron chi connectivity index (χ4n) is 3.33. The number of aromatic amines is 2. The van der Waals surface area contributed by atoms with Crippen LogP contribution in [0.2, 0.25) is 0 Å². The molecule has 1 aromatic carbocycles. The summed E-state index contributed by atoms with van der Waals surface area (Å²) in [7, 11) is 0. The van der Waals surface area contributed by atoms with Crippen LogP contribution in [-0.4, -0.2) is 26.9 Å². The largest absolute Gasteiger partial charge is 0.350 e. The molecule has 0 spiro atoms. The normalized spacial score (nSPS) is 12.3. The van der Waals surface area contributed by atoms with Crippen LogP contribution in [0.25, 0.3) is 11.0 Å². The summed E-state index contributed by atoms with van der Waals surface area (Å²) >= 11 is 0. The van der Waals surface area contributed by atoms with E-state index in [2.05, 4.69) is 27.2 Å². The minimum absolute atomic E-state index is 0.0351. The van der Waals surface area contributed by atoms with Gasteiger partial charge in [0.25, 0.3) is 11.5 Å². The van der Waals surface area contributed by atoms with Crippen molar-refractivity contribution in [3.63, 3.8) is 0 Å². The van der Waals surface area contributed by atoms with Gasteiger partial charge in [0.05, 0.1) is 5.39 Å². The number of H-pyrrole nitrogens is 2. The van der Waals surface area contributed by atoms with E-state index in [0.29, 0.717) is 22.4 Å². The molecule has 0 saturated carbocycles. The molecule has 27 heavy (non-hydrogen) atoms. The lowest BCUT2D eigenvalue weighted by Crippen LogP contribution is -2.32. The van der Waals surface area contributed by atoms with Crippen molar-refractivity contribution in [3.05, 3.63) is 63.3 Å². The van der Waals surface area contributed by atoms with E-state index < -0.39 is 0 Å². The number of benzene rings is 1. The van der Waals surface area contributed by atoms with E-state index in [1.165, 1.54) is 0 Å². The second kappa shape index (κ2) is 8.20. The average molecular weight is 366 g/mol. The van der Waals surface area contributed by atoms with Crippen molar-refractivity contribution in [2.45, 2.75) is 52.5 Å². The number of aryl methyl sites for hydroxylation is 3. The summed E-state index contributed by atoms with van der Waals surface area (Å²) in [6.07, 6.45) is 5.39. The first-order valence-corrected chi connectivity index (χ1v) is 9.44. The van der Waals surface area contributed by atoms with Crippen LogP contribution in [-0.2, 0) is 12.8 Å². The number of fused-ring (bicyclic) bond motifs is 1. The monoisotopic (exact) mass is 366 g/mol. The second-order valence-corrected chi connectivity index (χ2v) is 7.05. The van der Waals surface area contributed by atoms with Gasteiger partial charge in [-0.15, -0.1) is 0 Å². The highest BCUT2D eigenvalue weighted by Crippen LogP contribution is 2.15. The SMILES string of the molecule is CCC[C@@H](C)NC(=O)c1ccc(CCc2c[nH]c3nc(C)[nH]c(=O)c23)cc1. The van der Waals surface area contributed by atoms with Crippen molar-refractivity contribution in [1.29, 1.82) is 0 Å². The summed E-state index contributed by atoms with van der Waals surface area (Å²) in [4.78, 5) is 34.6. The van der Waals surface area contributed by atoms with Crippen molar-refractivity contribution < 1.29 is 4.79 Å². The molecule has 2 aromatic heterocycles.